The van der Waals surface area contributed by atoms with E-state index in [1.54, 1.807) is 0 Å². The van der Waals surface area contributed by atoms with Crippen LogP contribution in [-0.4, -0.2) is 32.0 Å². The molecule has 0 radical (unpaired) electrons. The lowest BCUT2D eigenvalue weighted by molar-refractivity contribution is 0.103. The van der Waals surface area contributed by atoms with Gasteiger partial charge in [0.1, 0.15) is 0 Å². The monoisotopic (exact) mass is 328 g/mol. The number of ketones is 1. The maximum absolute atomic E-state index is 11.8. The molecule has 24 heavy (non-hydrogen) atoms. The van der Waals surface area contributed by atoms with E-state index in [2.05, 4.69) is 38.3 Å². The fourth-order valence-electron chi connectivity index (χ4n) is 1.85. The zero-order valence-corrected chi connectivity index (χ0v) is 15.5. The molecule has 0 aliphatic heterocycles. The summed E-state index contributed by atoms with van der Waals surface area (Å²) in [4.78, 5) is 11.8. The van der Waals surface area contributed by atoms with Crippen molar-refractivity contribution in [2.75, 3.05) is 26.2 Å². The number of carbonyl (C=O) groups is 1. The average molecular weight is 329 g/mol. The van der Waals surface area contributed by atoms with Gasteiger partial charge in [0.2, 0.25) is 0 Å². The molecule has 3 heteroatoms. The number of hydrogen-bond acceptors (Lipinski definition) is 3. The first-order chi connectivity index (χ1) is 11.7. The molecule has 0 aromatic heterocycles. The third-order valence-electron chi connectivity index (χ3n) is 3.07. The van der Waals surface area contributed by atoms with Crippen LogP contribution in [0.1, 0.15) is 43.6 Å². The van der Waals surface area contributed by atoms with Crippen molar-refractivity contribution in [3.8, 4) is 0 Å². The van der Waals surface area contributed by atoms with Gasteiger partial charge in [-0.05, 0) is 26.2 Å². The second-order valence-corrected chi connectivity index (χ2v) is 4.98. The number of hydrogen-bond donors (Lipinski definition) is 2. The minimum Gasteiger partial charge on any atom is -0.317 e. The summed E-state index contributed by atoms with van der Waals surface area (Å²) < 4.78 is 0. The van der Waals surface area contributed by atoms with E-state index in [1.807, 2.05) is 60.7 Å². The standard InChI is InChI=1S/C13H10O.2C4H11N/c14-13(11-7-3-1-4-8-11)12-9-5-2-6-10-12;2*1-3-5-4-2/h1-10H;2*5H,3-4H2,1-2H3. The molecular formula is C21H32N2O. The highest BCUT2D eigenvalue weighted by molar-refractivity contribution is 6.08. The number of benzene rings is 2. The van der Waals surface area contributed by atoms with Crippen LogP contribution in [0.3, 0.4) is 0 Å². The normalized spacial score (nSPS) is 9.17. The predicted octanol–water partition coefficient (Wildman–Crippen LogP) is 4.15. The summed E-state index contributed by atoms with van der Waals surface area (Å²) >= 11 is 0. The first-order valence-corrected chi connectivity index (χ1v) is 8.77. The average Bonchev–Trinajstić information content (AvgIpc) is 2.65. The molecule has 132 valence electrons. The summed E-state index contributed by atoms with van der Waals surface area (Å²) in [5, 5.41) is 6.22. The zero-order chi connectivity index (χ0) is 18.0. The third-order valence-corrected chi connectivity index (χ3v) is 3.07. The van der Waals surface area contributed by atoms with Crippen LogP contribution in [0.5, 0.6) is 0 Å². The molecule has 0 amide bonds. The van der Waals surface area contributed by atoms with E-state index in [0.29, 0.717) is 0 Å². The maximum atomic E-state index is 11.8. The molecule has 0 fully saturated rings. The van der Waals surface area contributed by atoms with Gasteiger partial charge in [-0.15, -0.1) is 0 Å². The van der Waals surface area contributed by atoms with Gasteiger partial charge in [-0.2, -0.15) is 0 Å². The Morgan fingerprint density at radius 2 is 0.917 bits per heavy atom. The van der Waals surface area contributed by atoms with Crippen LogP contribution >= 0.6 is 0 Å². The Labute approximate surface area is 147 Å². The molecule has 0 atom stereocenters. The fourth-order valence-corrected chi connectivity index (χ4v) is 1.85. The third kappa shape index (κ3) is 10.7. The Hall–Kier alpha value is -1.97. The summed E-state index contributed by atoms with van der Waals surface area (Å²) in [7, 11) is 0. The van der Waals surface area contributed by atoms with Crippen LogP contribution in [-0.2, 0) is 0 Å². The molecule has 0 aliphatic carbocycles. The summed E-state index contributed by atoms with van der Waals surface area (Å²) in [5.41, 5.74) is 1.47. The Morgan fingerprint density at radius 1 is 0.625 bits per heavy atom. The van der Waals surface area contributed by atoms with Crippen LogP contribution in [0.15, 0.2) is 60.7 Å². The van der Waals surface area contributed by atoms with Gasteiger partial charge in [0, 0.05) is 11.1 Å². The molecule has 2 rings (SSSR count). The Balaban J connectivity index is 0.000000442. The molecule has 0 bridgehead atoms. The van der Waals surface area contributed by atoms with E-state index in [4.69, 9.17) is 0 Å². The van der Waals surface area contributed by atoms with Crippen molar-refractivity contribution in [2.45, 2.75) is 27.7 Å². The van der Waals surface area contributed by atoms with Gasteiger partial charge < -0.3 is 10.6 Å². The molecule has 0 saturated heterocycles. The quantitative estimate of drug-likeness (QED) is 0.783. The highest BCUT2D eigenvalue weighted by atomic mass is 16.1. The van der Waals surface area contributed by atoms with Gasteiger partial charge in [0.05, 0.1) is 0 Å². The summed E-state index contributed by atoms with van der Waals surface area (Å²) in [6, 6.07) is 18.6. The molecule has 3 nitrogen and oxygen atoms in total. The van der Waals surface area contributed by atoms with E-state index in [1.165, 1.54) is 0 Å². The summed E-state index contributed by atoms with van der Waals surface area (Å²) in [6.45, 7) is 12.8. The van der Waals surface area contributed by atoms with Gasteiger partial charge in [-0.1, -0.05) is 88.4 Å². The summed E-state index contributed by atoms with van der Waals surface area (Å²) in [6.07, 6.45) is 0. The highest BCUT2D eigenvalue weighted by Gasteiger charge is 2.06. The van der Waals surface area contributed by atoms with Crippen molar-refractivity contribution >= 4 is 5.78 Å². The molecule has 0 unspecified atom stereocenters. The van der Waals surface area contributed by atoms with Gasteiger partial charge >= 0.3 is 0 Å². The second-order valence-electron chi connectivity index (χ2n) is 4.98. The van der Waals surface area contributed by atoms with E-state index >= 15 is 0 Å². The Bertz CT molecular complexity index is 460. The van der Waals surface area contributed by atoms with E-state index in [0.717, 1.165) is 37.3 Å². The molecule has 0 spiro atoms. The number of nitrogens with one attached hydrogen (secondary N) is 2. The van der Waals surface area contributed by atoms with Crippen molar-refractivity contribution in [3.05, 3.63) is 71.8 Å². The molecule has 2 aromatic carbocycles. The van der Waals surface area contributed by atoms with Gasteiger partial charge in [-0.25, -0.2) is 0 Å². The Kier molecular flexibility index (Phi) is 14.6. The molecule has 0 saturated carbocycles. The lowest BCUT2D eigenvalue weighted by Crippen LogP contribution is -2.09. The van der Waals surface area contributed by atoms with Gasteiger partial charge in [-0.3, -0.25) is 4.79 Å². The SMILES string of the molecule is CCNCC.CCNCC.O=C(c1ccccc1)c1ccccc1. The lowest BCUT2D eigenvalue weighted by Gasteiger charge is -1.99. The predicted molar refractivity (Wildman–Crippen MR) is 105 cm³/mol. The molecular weight excluding hydrogens is 296 g/mol. The van der Waals surface area contributed by atoms with Crippen LogP contribution in [0, 0.1) is 0 Å². The van der Waals surface area contributed by atoms with Crippen molar-refractivity contribution in [1.29, 1.82) is 0 Å². The maximum Gasteiger partial charge on any atom is 0.193 e. The van der Waals surface area contributed by atoms with Crippen molar-refractivity contribution in [3.63, 3.8) is 0 Å². The smallest absolute Gasteiger partial charge is 0.193 e. The second kappa shape index (κ2) is 15.9. The number of carbonyl (C=O) groups excluding carboxylic acids is 1. The van der Waals surface area contributed by atoms with E-state index in [9.17, 15) is 4.79 Å². The van der Waals surface area contributed by atoms with Crippen LogP contribution in [0.2, 0.25) is 0 Å². The first-order valence-electron chi connectivity index (χ1n) is 8.77. The zero-order valence-electron chi connectivity index (χ0n) is 15.5. The minimum atomic E-state index is 0.0752. The Morgan fingerprint density at radius 3 is 1.12 bits per heavy atom. The highest BCUT2D eigenvalue weighted by Crippen LogP contribution is 2.08. The number of rotatable bonds is 6. The van der Waals surface area contributed by atoms with Crippen molar-refractivity contribution in [1.82, 2.24) is 10.6 Å². The van der Waals surface area contributed by atoms with E-state index < -0.39 is 0 Å². The first kappa shape index (κ1) is 22.0. The van der Waals surface area contributed by atoms with E-state index in [-0.39, 0.29) is 5.78 Å². The molecule has 0 heterocycles. The molecule has 0 aliphatic rings. The van der Waals surface area contributed by atoms with Crippen molar-refractivity contribution in [2.24, 2.45) is 0 Å². The minimum absolute atomic E-state index is 0.0752. The van der Waals surface area contributed by atoms with Gasteiger partial charge in [0.25, 0.3) is 0 Å². The van der Waals surface area contributed by atoms with Crippen molar-refractivity contribution < 1.29 is 4.79 Å². The van der Waals surface area contributed by atoms with Crippen LogP contribution in [0.4, 0.5) is 0 Å². The van der Waals surface area contributed by atoms with Crippen LogP contribution in [0.25, 0.3) is 0 Å². The molecule has 2 N–H and O–H groups in total. The van der Waals surface area contributed by atoms with Crippen LogP contribution < -0.4 is 10.6 Å². The fraction of sp³-hybridized carbons (Fsp3) is 0.381. The van der Waals surface area contributed by atoms with Gasteiger partial charge in [0.15, 0.2) is 5.78 Å². The topological polar surface area (TPSA) is 41.1 Å². The summed E-state index contributed by atoms with van der Waals surface area (Å²) in [5.74, 6) is 0.0752. The largest absolute Gasteiger partial charge is 0.317 e. The lowest BCUT2D eigenvalue weighted by atomic mass is 10.0. The molecule has 2 aromatic rings.